The van der Waals surface area contributed by atoms with Crippen molar-refractivity contribution in [2.75, 3.05) is 24.6 Å². The van der Waals surface area contributed by atoms with Crippen LogP contribution in [0.1, 0.15) is 17.5 Å². The summed E-state index contributed by atoms with van der Waals surface area (Å²) in [6.45, 7) is 4.60. The smallest absolute Gasteiger partial charge is 0.315 e. The van der Waals surface area contributed by atoms with Crippen molar-refractivity contribution in [1.82, 2.24) is 10.6 Å². The Balaban J connectivity index is 1.99. The van der Waals surface area contributed by atoms with Gasteiger partial charge in [0.2, 0.25) is 5.91 Å². The van der Waals surface area contributed by atoms with Gasteiger partial charge in [0.15, 0.2) is 0 Å². The molecule has 114 valence electrons. The SMILES string of the molecule is Cc1ccc(N2CC(NC(=O)NCCO)CC2=O)cc1C. The Hall–Kier alpha value is -2.08. The lowest BCUT2D eigenvalue weighted by Crippen LogP contribution is -2.44. The van der Waals surface area contributed by atoms with Gasteiger partial charge in [-0.25, -0.2) is 4.79 Å². The van der Waals surface area contributed by atoms with Crippen molar-refractivity contribution in [2.24, 2.45) is 0 Å². The summed E-state index contributed by atoms with van der Waals surface area (Å²) in [5, 5.41) is 13.9. The third-order valence-corrected chi connectivity index (χ3v) is 3.66. The third kappa shape index (κ3) is 3.72. The molecule has 1 saturated heterocycles. The van der Waals surface area contributed by atoms with Crippen molar-refractivity contribution >= 4 is 17.6 Å². The van der Waals surface area contributed by atoms with Crippen molar-refractivity contribution in [1.29, 1.82) is 0 Å². The normalized spacial score (nSPS) is 18.0. The average molecular weight is 291 g/mol. The van der Waals surface area contributed by atoms with Crippen LogP contribution in [0.4, 0.5) is 10.5 Å². The highest BCUT2D eigenvalue weighted by Gasteiger charge is 2.31. The molecule has 1 aromatic rings. The summed E-state index contributed by atoms with van der Waals surface area (Å²) < 4.78 is 0. The Morgan fingerprint density at radius 1 is 1.38 bits per heavy atom. The molecule has 1 aliphatic heterocycles. The quantitative estimate of drug-likeness (QED) is 0.764. The first-order valence-corrected chi connectivity index (χ1v) is 7.04. The van der Waals surface area contributed by atoms with Crippen LogP contribution in [0.5, 0.6) is 0 Å². The number of nitrogens with zero attached hydrogens (tertiary/aromatic N) is 1. The molecular formula is C15H21N3O3. The number of hydrogen-bond acceptors (Lipinski definition) is 3. The van der Waals surface area contributed by atoms with Gasteiger partial charge in [-0.15, -0.1) is 0 Å². The maximum atomic E-state index is 12.1. The first-order chi connectivity index (χ1) is 10.0. The molecular weight excluding hydrogens is 270 g/mol. The summed E-state index contributed by atoms with van der Waals surface area (Å²) in [5.74, 6) is 0.00529. The molecule has 0 aromatic heterocycles. The van der Waals surface area contributed by atoms with Gasteiger partial charge in [0, 0.05) is 25.2 Å². The molecule has 21 heavy (non-hydrogen) atoms. The van der Waals surface area contributed by atoms with Crippen LogP contribution in [0.2, 0.25) is 0 Å². The van der Waals surface area contributed by atoms with Crippen LogP contribution in [-0.2, 0) is 4.79 Å². The van der Waals surface area contributed by atoms with E-state index in [1.165, 1.54) is 5.56 Å². The van der Waals surface area contributed by atoms with E-state index < -0.39 is 0 Å². The van der Waals surface area contributed by atoms with E-state index in [1.54, 1.807) is 4.90 Å². The number of aryl methyl sites for hydroxylation is 2. The highest BCUT2D eigenvalue weighted by molar-refractivity contribution is 5.96. The van der Waals surface area contributed by atoms with Gasteiger partial charge in [-0.2, -0.15) is 0 Å². The standard InChI is InChI=1S/C15H21N3O3/c1-10-3-4-13(7-11(10)2)18-9-12(8-14(18)20)17-15(21)16-5-6-19/h3-4,7,12,19H,5-6,8-9H2,1-2H3,(H2,16,17,21). The number of amides is 3. The molecule has 3 N–H and O–H groups in total. The topological polar surface area (TPSA) is 81.7 Å². The molecule has 0 spiro atoms. The summed E-state index contributed by atoms with van der Waals surface area (Å²) in [6.07, 6.45) is 0.291. The van der Waals surface area contributed by atoms with Gasteiger partial charge in [0.1, 0.15) is 0 Å². The summed E-state index contributed by atoms with van der Waals surface area (Å²) >= 11 is 0. The van der Waals surface area contributed by atoms with Gasteiger partial charge < -0.3 is 20.6 Å². The number of carbonyl (C=O) groups is 2. The Morgan fingerprint density at radius 3 is 2.81 bits per heavy atom. The summed E-state index contributed by atoms with van der Waals surface area (Å²) in [6, 6.07) is 5.34. The van der Waals surface area contributed by atoms with Crippen LogP contribution in [0.3, 0.4) is 0 Å². The molecule has 1 aliphatic rings. The van der Waals surface area contributed by atoms with E-state index >= 15 is 0 Å². The molecule has 1 heterocycles. The Labute approximate surface area is 124 Å². The van der Waals surface area contributed by atoms with Gasteiger partial charge in [-0.05, 0) is 37.1 Å². The predicted octanol–water partition coefficient (Wildman–Crippen LogP) is 0.700. The Kier molecular flexibility index (Phi) is 4.80. The molecule has 3 amide bonds. The molecule has 0 aliphatic carbocycles. The number of aliphatic hydroxyl groups excluding tert-OH is 1. The first-order valence-electron chi connectivity index (χ1n) is 7.04. The van der Waals surface area contributed by atoms with Crippen LogP contribution in [0.25, 0.3) is 0 Å². The fourth-order valence-electron chi connectivity index (χ4n) is 2.35. The zero-order valence-corrected chi connectivity index (χ0v) is 12.3. The predicted molar refractivity (Wildman–Crippen MR) is 80.3 cm³/mol. The van der Waals surface area contributed by atoms with Crippen LogP contribution in [-0.4, -0.2) is 42.8 Å². The number of nitrogens with one attached hydrogen (secondary N) is 2. The maximum absolute atomic E-state index is 12.1. The number of hydrogen-bond donors (Lipinski definition) is 3. The summed E-state index contributed by atoms with van der Waals surface area (Å²) in [5.41, 5.74) is 3.18. The molecule has 1 unspecified atom stereocenters. The molecule has 0 bridgehead atoms. The Morgan fingerprint density at radius 2 is 2.14 bits per heavy atom. The van der Waals surface area contributed by atoms with Gasteiger partial charge in [-0.1, -0.05) is 6.07 Å². The lowest BCUT2D eigenvalue weighted by atomic mass is 10.1. The number of aliphatic hydroxyl groups is 1. The van der Waals surface area contributed by atoms with Crippen molar-refractivity contribution in [2.45, 2.75) is 26.3 Å². The largest absolute Gasteiger partial charge is 0.395 e. The lowest BCUT2D eigenvalue weighted by Gasteiger charge is -2.18. The maximum Gasteiger partial charge on any atom is 0.315 e. The minimum atomic E-state index is -0.358. The molecule has 6 nitrogen and oxygen atoms in total. The molecule has 1 fully saturated rings. The lowest BCUT2D eigenvalue weighted by molar-refractivity contribution is -0.117. The highest BCUT2D eigenvalue weighted by atomic mass is 16.3. The van der Waals surface area contributed by atoms with E-state index in [0.29, 0.717) is 13.0 Å². The second-order valence-electron chi connectivity index (χ2n) is 5.30. The third-order valence-electron chi connectivity index (χ3n) is 3.66. The Bertz CT molecular complexity index is 545. The second kappa shape index (κ2) is 6.58. The van der Waals surface area contributed by atoms with Crippen molar-refractivity contribution in [3.8, 4) is 0 Å². The summed E-state index contributed by atoms with van der Waals surface area (Å²) in [7, 11) is 0. The molecule has 0 radical (unpaired) electrons. The number of anilines is 1. The van der Waals surface area contributed by atoms with E-state index in [1.807, 2.05) is 32.0 Å². The number of carbonyl (C=O) groups excluding carboxylic acids is 2. The number of urea groups is 1. The fraction of sp³-hybridized carbons (Fsp3) is 0.467. The zero-order chi connectivity index (χ0) is 15.4. The molecule has 1 aromatic carbocycles. The van der Waals surface area contributed by atoms with E-state index in [9.17, 15) is 9.59 Å². The van der Waals surface area contributed by atoms with Crippen LogP contribution >= 0.6 is 0 Å². The van der Waals surface area contributed by atoms with Crippen LogP contribution in [0.15, 0.2) is 18.2 Å². The van der Waals surface area contributed by atoms with Crippen molar-refractivity contribution in [3.63, 3.8) is 0 Å². The minimum absolute atomic E-state index is 0.00529. The van der Waals surface area contributed by atoms with Crippen LogP contribution in [0, 0.1) is 13.8 Å². The van der Waals surface area contributed by atoms with E-state index in [2.05, 4.69) is 10.6 Å². The highest BCUT2D eigenvalue weighted by Crippen LogP contribution is 2.23. The van der Waals surface area contributed by atoms with Gasteiger partial charge >= 0.3 is 6.03 Å². The average Bonchev–Trinajstić information content (AvgIpc) is 2.80. The van der Waals surface area contributed by atoms with Gasteiger partial charge in [0.05, 0.1) is 12.6 Å². The molecule has 6 heteroatoms. The molecule has 0 saturated carbocycles. The van der Waals surface area contributed by atoms with Crippen molar-refractivity contribution in [3.05, 3.63) is 29.3 Å². The number of rotatable bonds is 4. The van der Waals surface area contributed by atoms with Crippen LogP contribution < -0.4 is 15.5 Å². The number of benzene rings is 1. The minimum Gasteiger partial charge on any atom is -0.395 e. The van der Waals surface area contributed by atoms with Gasteiger partial charge in [0.25, 0.3) is 0 Å². The van der Waals surface area contributed by atoms with Gasteiger partial charge in [-0.3, -0.25) is 4.79 Å². The van der Waals surface area contributed by atoms with Crippen molar-refractivity contribution < 1.29 is 14.7 Å². The van der Waals surface area contributed by atoms with E-state index in [4.69, 9.17) is 5.11 Å². The summed E-state index contributed by atoms with van der Waals surface area (Å²) in [4.78, 5) is 25.3. The zero-order valence-electron chi connectivity index (χ0n) is 12.3. The first kappa shape index (κ1) is 15.3. The van der Waals surface area contributed by atoms with E-state index in [0.717, 1.165) is 11.3 Å². The van der Waals surface area contributed by atoms with E-state index in [-0.39, 0.29) is 31.1 Å². The monoisotopic (exact) mass is 291 g/mol. The molecule has 1 atom stereocenters. The fourth-order valence-corrected chi connectivity index (χ4v) is 2.35. The second-order valence-corrected chi connectivity index (χ2v) is 5.30. The molecule has 2 rings (SSSR count).